The van der Waals surface area contributed by atoms with Crippen molar-refractivity contribution in [3.8, 4) is 11.4 Å². The number of hydrogen-bond donors (Lipinski definition) is 0. The van der Waals surface area contributed by atoms with Gasteiger partial charge >= 0.3 is 0 Å². The summed E-state index contributed by atoms with van der Waals surface area (Å²) >= 11 is 0. The molecule has 0 fully saturated rings. The van der Waals surface area contributed by atoms with Gasteiger partial charge in [-0.1, -0.05) is 129 Å². The number of allylic oxidation sites excluding steroid dienone is 4. The maximum atomic E-state index is 6.22. The van der Waals surface area contributed by atoms with E-state index in [1.165, 1.54) is 65.9 Å². The minimum atomic E-state index is 0.920. The summed E-state index contributed by atoms with van der Waals surface area (Å²) in [7, 11) is 0. The molecule has 10 aromatic rings. The second-order valence-corrected chi connectivity index (χ2v) is 14.3. The van der Waals surface area contributed by atoms with Crippen LogP contribution in [0.3, 0.4) is 0 Å². The number of fused-ring (bicyclic) bond motifs is 9. The molecule has 0 saturated heterocycles. The number of para-hydroxylation sites is 5. The van der Waals surface area contributed by atoms with Gasteiger partial charge in [0.1, 0.15) is 11.2 Å². The number of rotatable bonds is 8. The first kappa shape index (κ1) is 32.1. The summed E-state index contributed by atoms with van der Waals surface area (Å²) < 4.78 is 11.1. The van der Waals surface area contributed by atoms with Crippen molar-refractivity contribution in [1.82, 2.24) is 9.13 Å². The summed E-state index contributed by atoms with van der Waals surface area (Å²) in [5.41, 5.74) is 13.9. The molecule has 0 saturated carbocycles. The third kappa shape index (κ3) is 5.19. The smallest absolute Gasteiger partial charge is 0.135 e. The first-order chi connectivity index (χ1) is 26.7. The quantitative estimate of drug-likeness (QED) is 0.145. The Hall–Kier alpha value is -6.58. The van der Waals surface area contributed by atoms with Gasteiger partial charge in [0.15, 0.2) is 0 Å². The van der Waals surface area contributed by atoms with Crippen molar-refractivity contribution < 1.29 is 4.42 Å². The predicted molar refractivity (Wildman–Crippen MR) is 230 cm³/mol. The van der Waals surface area contributed by atoms with Crippen molar-refractivity contribution in [2.75, 3.05) is 0 Å². The average Bonchev–Trinajstić information content (AvgIpc) is 3.88. The lowest BCUT2D eigenvalue weighted by molar-refractivity contribution is 0.669. The topological polar surface area (TPSA) is 23.0 Å². The lowest BCUT2D eigenvalue weighted by Crippen LogP contribution is -2.01. The van der Waals surface area contributed by atoms with Crippen LogP contribution >= 0.6 is 0 Å². The van der Waals surface area contributed by atoms with Gasteiger partial charge in [0.2, 0.25) is 0 Å². The number of hydrogen-bond acceptors (Lipinski definition) is 1. The van der Waals surface area contributed by atoms with Crippen molar-refractivity contribution in [2.24, 2.45) is 0 Å². The highest BCUT2D eigenvalue weighted by Gasteiger charge is 2.18. The molecule has 0 aliphatic rings. The van der Waals surface area contributed by atoms with Crippen molar-refractivity contribution in [3.05, 3.63) is 181 Å². The van der Waals surface area contributed by atoms with Crippen LogP contribution in [0.5, 0.6) is 0 Å². The maximum absolute atomic E-state index is 6.22. The lowest BCUT2D eigenvalue weighted by atomic mass is 9.94. The number of benzene rings is 7. The second kappa shape index (κ2) is 13.1. The molecule has 10 rings (SSSR count). The van der Waals surface area contributed by atoms with E-state index in [1.54, 1.807) is 0 Å². The summed E-state index contributed by atoms with van der Waals surface area (Å²) in [6, 6.07) is 57.4. The molecule has 0 aliphatic heterocycles. The predicted octanol–water partition coefficient (Wildman–Crippen LogP) is 14.5. The molecule has 3 nitrogen and oxygen atoms in total. The molecule has 0 aliphatic carbocycles. The van der Waals surface area contributed by atoms with Gasteiger partial charge in [-0.05, 0) is 95.8 Å². The minimum Gasteiger partial charge on any atom is -0.456 e. The summed E-state index contributed by atoms with van der Waals surface area (Å²) in [4.78, 5) is 0. The van der Waals surface area contributed by atoms with E-state index in [1.807, 2.05) is 6.07 Å². The summed E-state index contributed by atoms with van der Waals surface area (Å²) in [6.45, 7) is 4.51. The zero-order valence-electron chi connectivity index (χ0n) is 30.6. The molecule has 3 aromatic heterocycles. The molecule has 0 bridgehead atoms. The van der Waals surface area contributed by atoms with Crippen LogP contribution in [0.4, 0.5) is 0 Å². The van der Waals surface area contributed by atoms with E-state index in [4.69, 9.17) is 4.42 Å². The van der Waals surface area contributed by atoms with Crippen molar-refractivity contribution in [2.45, 2.75) is 33.1 Å². The number of aromatic nitrogens is 2. The van der Waals surface area contributed by atoms with E-state index in [0.29, 0.717) is 0 Å². The van der Waals surface area contributed by atoms with Gasteiger partial charge < -0.3 is 13.6 Å². The highest BCUT2D eigenvalue weighted by molar-refractivity contribution is 6.11. The van der Waals surface area contributed by atoms with Gasteiger partial charge in [0.05, 0.1) is 22.1 Å². The molecule has 3 heterocycles. The van der Waals surface area contributed by atoms with E-state index in [9.17, 15) is 0 Å². The fraction of sp³-hybridized carbons (Fsp3) is 0.0980. The van der Waals surface area contributed by atoms with Crippen LogP contribution in [-0.2, 0) is 0 Å². The third-order valence-electron chi connectivity index (χ3n) is 10.9. The molecule has 0 unspecified atom stereocenters. The van der Waals surface area contributed by atoms with E-state index >= 15 is 0 Å². The molecule has 0 spiro atoms. The normalized spacial score (nSPS) is 12.7. The van der Waals surface area contributed by atoms with Crippen LogP contribution in [0, 0.1) is 0 Å². The molecule has 260 valence electrons. The summed E-state index contributed by atoms with van der Waals surface area (Å²) in [5, 5.41) is 7.34. The molecular formula is C51H40N2O. The van der Waals surface area contributed by atoms with Crippen molar-refractivity contribution in [1.29, 1.82) is 0 Å². The first-order valence-electron chi connectivity index (χ1n) is 19.1. The Morgan fingerprint density at radius 2 is 0.963 bits per heavy atom. The van der Waals surface area contributed by atoms with Crippen LogP contribution in [0.15, 0.2) is 174 Å². The highest BCUT2D eigenvalue weighted by atomic mass is 16.3. The van der Waals surface area contributed by atoms with Gasteiger partial charge in [0, 0.05) is 43.7 Å². The van der Waals surface area contributed by atoms with E-state index in [-0.39, 0.29) is 0 Å². The summed E-state index contributed by atoms with van der Waals surface area (Å²) in [6.07, 6.45) is 7.71. The first-order valence-corrected chi connectivity index (χ1v) is 19.1. The van der Waals surface area contributed by atoms with Gasteiger partial charge in [-0.3, -0.25) is 0 Å². The minimum absolute atomic E-state index is 0.920. The molecule has 0 N–H and O–H groups in total. The van der Waals surface area contributed by atoms with E-state index in [0.717, 1.165) is 52.6 Å². The van der Waals surface area contributed by atoms with Gasteiger partial charge in [-0.25, -0.2) is 0 Å². The molecule has 0 atom stereocenters. The zero-order valence-corrected chi connectivity index (χ0v) is 30.6. The standard InChI is InChI=1S/C51H40N2O/c1-3-15-34(36-27-28-51-45(32-36)44-21-9-14-26-50(44)54-51)29-35(16-4-2)37-30-38(52-46-22-10-5-17-40(46)41-18-6-11-23-47(41)52)33-39(31-37)53-48-24-12-7-19-42(48)43-20-8-13-25-49(43)53/h5-15,17-33H,3-4,16H2,1-2H3/b34-15-,35-29+. The second-order valence-electron chi connectivity index (χ2n) is 14.3. The third-order valence-corrected chi connectivity index (χ3v) is 10.9. The van der Waals surface area contributed by atoms with Gasteiger partial charge in [-0.15, -0.1) is 0 Å². The number of furan rings is 1. The van der Waals surface area contributed by atoms with Crippen molar-refractivity contribution >= 4 is 76.7 Å². The molecule has 54 heavy (non-hydrogen) atoms. The Kier molecular flexibility index (Phi) is 7.80. The molecule has 0 amide bonds. The zero-order chi connectivity index (χ0) is 36.2. The largest absolute Gasteiger partial charge is 0.456 e. The number of nitrogens with zero attached hydrogens (tertiary/aromatic N) is 2. The fourth-order valence-corrected chi connectivity index (χ4v) is 8.58. The van der Waals surface area contributed by atoms with Gasteiger partial charge in [-0.2, -0.15) is 0 Å². The average molecular weight is 697 g/mol. The van der Waals surface area contributed by atoms with Crippen LogP contribution in [0.1, 0.15) is 44.2 Å². The Bertz CT molecular complexity index is 2870. The van der Waals surface area contributed by atoms with Crippen LogP contribution in [-0.4, -0.2) is 9.13 Å². The monoisotopic (exact) mass is 696 g/mol. The fourth-order valence-electron chi connectivity index (χ4n) is 8.58. The van der Waals surface area contributed by atoms with Gasteiger partial charge in [0.25, 0.3) is 0 Å². The molecule has 0 radical (unpaired) electrons. The molecule has 3 heteroatoms. The van der Waals surface area contributed by atoms with Crippen LogP contribution < -0.4 is 0 Å². The Morgan fingerprint density at radius 3 is 1.48 bits per heavy atom. The summed E-state index contributed by atoms with van der Waals surface area (Å²) in [5.74, 6) is 0. The molecule has 7 aromatic carbocycles. The van der Waals surface area contributed by atoms with Crippen LogP contribution in [0.2, 0.25) is 0 Å². The van der Waals surface area contributed by atoms with E-state index < -0.39 is 0 Å². The Morgan fingerprint density at radius 1 is 0.481 bits per heavy atom. The highest BCUT2D eigenvalue weighted by Crippen LogP contribution is 2.39. The Labute approximate surface area is 314 Å². The van der Waals surface area contributed by atoms with Crippen molar-refractivity contribution in [3.63, 3.8) is 0 Å². The Balaban J connectivity index is 1.24. The molecular weight excluding hydrogens is 657 g/mol. The van der Waals surface area contributed by atoms with Crippen LogP contribution in [0.25, 0.3) is 88.1 Å². The maximum Gasteiger partial charge on any atom is 0.135 e. The van der Waals surface area contributed by atoms with E-state index in [2.05, 4.69) is 187 Å². The lowest BCUT2D eigenvalue weighted by Gasteiger charge is -2.18. The SMILES string of the molecule is CC/C=C(/C=C(\CCC)c1cc(-n2c3ccccc3c3ccccc32)cc(-n2c3ccccc3c3ccccc32)c1)c1ccc2oc3ccccc3c2c1.